The number of rotatable bonds is 2. The summed E-state index contributed by atoms with van der Waals surface area (Å²) in [4.78, 5) is 0. The molecule has 0 amide bonds. The van der Waals surface area contributed by atoms with Crippen LogP contribution in [-0.4, -0.2) is 15.0 Å². The van der Waals surface area contributed by atoms with Gasteiger partial charge in [-0.05, 0) is 0 Å². The van der Waals surface area contributed by atoms with Crippen molar-refractivity contribution in [1.29, 1.82) is 0 Å². The summed E-state index contributed by atoms with van der Waals surface area (Å²) in [5.41, 5.74) is 0. The van der Waals surface area contributed by atoms with Crippen molar-refractivity contribution in [3.05, 3.63) is 58.8 Å². The Kier molecular flexibility index (Phi) is 3.57. The van der Waals surface area contributed by atoms with Crippen LogP contribution in [0.4, 0.5) is 4.39 Å². The third-order valence-corrected chi connectivity index (χ3v) is 5.52. The molecule has 0 unspecified atom stereocenters. The zero-order valence-electron chi connectivity index (χ0n) is 7.78. The minimum atomic E-state index is -0.190. The van der Waals surface area contributed by atoms with E-state index < -0.39 is 0 Å². The Morgan fingerprint density at radius 3 is 2.40 bits per heavy atom. The monoisotopic (exact) mass is 330 g/mol. The van der Waals surface area contributed by atoms with Crippen LogP contribution in [0, 0.1) is 5.82 Å². The van der Waals surface area contributed by atoms with Gasteiger partial charge in [-0.25, -0.2) is 0 Å². The Balaban J connectivity index is 2.29. The van der Waals surface area contributed by atoms with Gasteiger partial charge in [-0.1, -0.05) is 0 Å². The summed E-state index contributed by atoms with van der Waals surface area (Å²) in [6.07, 6.45) is 0. The fraction of sp³-hybridized carbons (Fsp3) is 0. The van der Waals surface area contributed by atoms with E-state index in [-0.39, 0.29) is 20.8 Å². The predicted octanol–water partition coefficient (Wildman–Crippen LogP) is 2.24. The molecular weight excluding hydrogens is 322 g/mol. The van der Waals surface area contributed by atoms with Gasteiger partial charge in [0.25, 0.3) is 0 Å². The van der Waals surface area contributed by atoms with Gasteiger partial charge in [-0.2, -0.15) is 0 Å². The number of benzene rings is 2. The van der Waals surface area contributed by atoms with Crippen LogP contribution in [0.15, 0.2) is 53.0 Å². The van der Waals surface area contributed by atoms with E-state index in [2.05, 4.69) is 28.1 Å². The van der Waals surface area contributed by atoms with E-state index in [1.54, 1.807) is 6.07 Å². The first-order chi connectivity index (χ1) is 7.27. The Morgan fingerprint density at radius 1 is 0.933 bits per heavy atom. The summed E-state index contributed by atoms with van der Waals surface area (Å²) >= 11 is 3.43. The molecule has 0 spiro atoms. The molecule has 0 aliphatic heterocycles. The van der Waals surface area contributed by atoms with Crippen LogP contribution in [-0.2, 0) is 0 Å². The van der Waals surface area contributed by atoms with Crippen LogP contribution < -0.4 is 8.92 Å². The average Bonchev–Trinajstić information content (AvgIpc) is 2.26. The maximum absolute atomic E-state index is 13.2. The van der Waals surface area contributed by atoms with Gasteiger partial charge < -0.3 is 0 Å². The first-order valence-electron chi connectivity index (χ1n) is 4.44. The summed E-state index contributed by atoms with van der Waals surface area (Å²) in [6.45, 7) is 0. The normalized spacial score (nSPS) is 10.3. The van der Waals surface area contributed by atoms with E-state index in [0.717, 1.165) is 4.46 Å². The zero-order chi connectivity index (χ0) is 10.7. The second kappa shape index (κ2) is 4.93. The second-order valence-corrected chi connectivity index (χ2v) is 6.10. The molecule has 0 nitrogen and oxygen atoms in total. The molecule has 15 heavy (non-hydrogen) atoms. The third-order valence-electron chi connectivity index (χ3n) is 1.89. The summed E-state index contributed by atoms with van der Waals surface area (Å²) in [6, 6.07) is 15.3. The fourth-order valence-electron chi connectivity index (χ4n) is 1.18. The molecule has 0 fully saturated rings. The molecule has 0 aromatic heterocycles. The van der Waals surface area contributed by atoms with Crippen LogP contribution in [0.3, 0.4) is 0 Å². The molecule has 0 atom stereocenters. The van der Waals surface area contributed by atoms with Gasteiger partial charge in [0.1, 0.15) is 0 Å². The van der Waals surface area contributed by atoms with E-state index in [1.807, 2.05) is 24.3 Å². The molecule has 0 saturated carbocycles. The van der Waals surface area contributed by atoms with Crippen molar-refractivity contribution in [3.63, 3.8) is 0 Å². The van der Waals surface area contributed by atoms with Crippen molar-refractivity contribution < 1.29 is 4.39 Å². The van der Waals surface area contributed by atoms with Gasteiger partial charge in [0, 0.05) is 0 Å². The van der Waals surface area contributed by atoms with Gasteiger partial charge >= 0.3 is 103 Å². The van der Waals surface area contributed by atoms with Crippen molar-refractivity contribution >= 4 is 39.8 Å². The number of hydrogen-bond acceptors (Lipinski definition) is 0. The second-order valence-electron chi connectivity index (χ2n) is 2.97. The predicted molar refractivity (Wildman–Crippen MR) is 65.6 cm³/mol. The van der Waals surface area contributed by atoms with Crippen LogP contribution in [0.2, 0.25) is 0 Å². The van der Waals surface area contributed by atoms with Gasteiger partial charge in [-0.3, -0.25) is 0 Å². The van der Waals surface area contributed by atoms with E-state index in [1.165, 1.54) is 10.5 Å². The van der Waals surface area contributed by atoms with Crippen LogP contribution >= 0.6 is 15.9 Å². The molecule has 2 rings (SSSR count). The van der Waals surface area contributed by atoms with E-state index in [9.17, 15) is 4.39 Å². The molecule has 0 N–H and O–H groups in total. The summed E-state index contributed by atoms with van der Waals surface area (Å²) in [5.74, 6) is -0.190. The van der Waals surface area contributed by atoms with Gasteiger partial charge in [0.2, 0.25) is 0 Å². The molecule has 0 aliphatic carbocycles. The van der Waals surface area contributed by atoms with Crippen molar-refractivity contribution in [2.24, 2.45) is 0 Å². The van der Waals surface area contributed by atoms with Crippen LogP contribution in [0.1, 0.15) is 0 Å². The summed E-state index contributed by atoms with van der Waals surface area (Å²) in [5, 5.41) is 0. The Hall–Kier alpha value is -0.631. The van der Waals surface area contributed by atoms with Crippen molar-refractivity contribution in [3.8, 4) is 0 Å². The number of hydrogen-bond donors (Lipinski definition) is 0. The first-order valence-corrected chi connectivity index (χ1v) is 6.95. The standard InChI is InChI=1S/C12H8BrFSe/c13-12-10(14)7-4-8-11(12)15-9-5-2-1-3-6-9/h1-8H. The Morgan fingerprint density at radius 2 is 1.67 bits per heavy atom. The average molecular weight is 330 g/mol. The number of halogens is 2. The molecule has 0 heterocycles. The molecule has 3 heteroatoms. The molecular formula is C12H8BrFSe. The van der Waals surface area contributed by atoms with Gasteiger partial charge in [-0.15, -0.1) is 0 Å². The molecule has 2 aromatic carbocycles. The molecule has 0 bridgehead atoms. The van der Waals surface area contributed by atoms with E-state index in [0.29, 0.717) is 4.47 Å². The molecule has 0 saturated heterocycles. The van der Waals surface area contributed by atoms with Crippen molar-refractivity contribution in [2.45, 2.75) is 0 Å². The van der Waals surface area contributed by atoms with Crippen LogP contribution in [0.25, 0.3) is 0 Å². The van der Waals surface area contributed by atoms with E-state index in [4.69, 9.17) is 0 Å². The SMILES string of the molecule is Fc1cccc([Se]c2ccccc2)c1Br. The molecule has 76 valence electrons. The molecule has 0 aliphatic rings. The summed E-state index contributed by atoms with van der Waals surface area (Å²) in [7, 11) is 0. The third kappa shape index (κ3) is 2.69. The quantitative estimate of drug-likeness (QED) is 0.741. The Bertz CT molecular complexity index is 456. The fourth-order valence-corrected chi connectivity index (χ4v) is 3.71. The van der Waals surface area contributed by atoms with E-state index >= 15 is 0 Å². The van der Waals surface area contributed by atoms with Crippen LogP contribution in [0.5, 0.6) is 0 Å². The van der Waals surface area contributed by atoms with Gasteiger partial charge in [0.05, 0.1) is 0 Å². The van der Waals surface area contributed by atoms with Crippen molar-refractivity contribution in [1.82, 2.24) is 0 Å². The minimum absolute atomic E-state index is 0.155. The first kappa shape index (κ1) is 10.9. The Labute approximate surface area is 103 Å². The van der Waals surface area contributed by atoms with Crippen molar-refractivity contribution in [2.75, 3.05) is 0 Å². The molecule has 0 radical (unpaired) electrons. The molecule has 2 aromatic rings. The summed E-state index contributed by atoms with van der Waals surface area (Å²) < 4.78 is 16.1. The zero-order valence-corrected chi connectivity index (χ0v) is 11.1. The van der Waals surface area contributed by atoms with Gasteiger partial charge in [0.15, 0.2) is 0 Å². The topological polar surface area (TPSA) is 0 Å². The maximum atomic E-state index is 13.2.